The number of amides is 1. The summed E-state index contributed by atoms with van der Waals surface area (Å²) in [6.07, 6.45) is 0.703. The maximum atomic E-state index is 10.6. The van der Waals surface area contributed by atoms with Gasteiger partial charge in [-0.05, 0) is 0 Å². The Labute approximate surface area is 73.3 Å². The summed E-state index contributed by atoms with van der Waals surface area (Å²) in [4.78, 5) is 10.6. The number of hydrogen-bond donors (Lipinski definition) is 2. The van der Waals surface area contributed by atoms with Gasteiger partial charge in [-0.15, -0.1) is 0 Å². The zero-order valence-corrected chi connectivity index (χ0v) is 6.67. The van der Waals surface area contributed by atoms with Crippen LogP contribution in [0.5, 0.6) is 5.88 Å². The van der Waals surface area contributed by atoms with Crippen molar-refractivity contribution in [2.75, 3.05) is 6.54 Å². The molecular weight excluding hydrogens is 176 g/mol. The molecule has 1 aromatic rings. The van der Waals surface area contributed by atoms with Crippen molar-refractivity contribution in [3.63, 3.8) is 0 Å². The van der Waals surface area contributed by atoms with E-state index < -0.39 is 6.09 Å². The highest BCUT2D eigenvalue weighted by atomic mass is 16.6. The Morgan fingerprint density at radius 3 is 3.23 bits per heavy atom. The van der Waals surface area contributed by atoms with E-state index in [4.69, 9.17) is 9.84 Å². The molecule has 0 radical (unpaired) electrons. The van der Waals surface area contributed by atoms with Gasteiger partial charge in [0.15, 0.2) is 0 Å². The number of aromatic nitrogens is 3. The molecule has 1 amide bonds. The fourth-order valence-corrected chi connectivity index (χ4v) is 1.12. The zero-order chi connectivity index (χ0) is 9.26. The average molecular weight is 184 g/mol. The molecule has 0 saturated carbocycles. The van der Waals surface area contributed by atoms with Crippen LogP contribution in [-0.2, 0) is 11.3 Å². The van der Waals surface area contributed by atoms with Crippen molar-refractivity contribution < 1.29 is 14.6 Å². The maximum Gasteiger partial charge on any atom is 0.407 e. The van der Waals surface area contributed by atoms with Crippen LogP contribution in [0.4, 0.5) is 4.79 Å². The molecule has 2 heterocycles. The van der Waals surface area contributed by atoms with Crippen LogP contribution in [0.25, 0.3) is 0 Å². The highest BCUT2D eigenvalue weighted by molar-refractivity contribution is 5.69. The van der Waals surface area contributed by atoms with E-state index in [2.05, 4.69) is 15.6 Å². The van der Waals surface area contributed by atoms with Crippen molar-refractivity contribution in [3.8, 4) is 5.88 Å². The van der Waals surface area contributed by atoms with E-state index in [0.717, 1.165) is 0 Å². The summed E-state index contributed by atoms with van der Waals surface area (Å²) < 4.78 is 6.27. The van der Waals surface area contributed by atoms with E-state index in [1.165, 1.54) is 10.9 Å². The second kappa shape index (κ2) is 2.92. The fourth-order valence-electron chi connectivity index (χ4n) is 1.12. The van der Waals surface area contributed by atoms with Crippen molar-refractivity contribution >= 4 is 6.09 Å². The zero-order valence-electron chi connectivity index (χ0n) is 6.67. The quantitative estimate of drug-likeness (QED) is 0.621. The highest BCUT2D eigenvalue weighted by Gasteiger charge is 2.23. The number of nitrogens with one attached hydrogen (secondary N) is 1. The Morgan fingerprint density at radius 1 is 1.85 bits per heavy atom. The third kappa shape index (κ3) is 1.68. The van der Waals surface area contributed by atoms with Crippen molar-refractivity contribution in [1.29, 1.82) is 0 Å². The van der Waals surface area contributed by atoms with Gasteiger partial charge in [0.05, 0.1) is 19.3 Å². The minimum atomic E-state index is -0.422. The smallest absolute Gasteiger partial charge is 0.407 e. The van der Waals surface area contributed by atoms with Crippen molar-refractivity contribution in [1.82, 2.24) is 20.3 Å². The van der Waals surface area contributed by atoms with E-state index >= 15 is 0 Å². The molecule has 1 aliphatic heterocycles. The molecule has 1 saturated heterocycles. The summed E-state index contributed by atoms with van der Waals surface area (Å²) in [5.74, 6) is -0.141. The molecule has 2 N–H and O–H groups in total. The lowest BCUT2D eigenvalue weighted by molar-refractivity contribution is 0.128. The van der Waals surface area contributed by atoms with Crippen LogP contribution in [0.15, 0.2) is 6.20 Å². The lowest BCUT2D eigenvalue weighted by atomic mass is 10.4. The molecule has 1 aliphatic rings. The molecule has 0 aliphatic carbocycles. The topological polar surface area (TPSA) is 89.3 Å². The first kappa shape index (κ1) is 7.84. The molecule has 0 spiro atoms. The highest BCUT2D eigenvalue weighted by Crippen LogP contribution is 2.05. The largest absolute Gasteiger partial charge is 0.491 e. The molecular formula is C6H8N4O3. The van der Waals surface area contributed by atoms with E-state index in [9.17, 15) is 4.79 Å². The first-order valence-corrected chi connectivity index (χ1v) is 3.77. The molecule has 7 nitrogen and oxygen atoms in total. The van der Waals surface area contributed by atoms with Gasteiger partial charge in [0, 0.05) is 0 Å². The van der Waals surface area contributed by atoms with Crippen LogP contribution in [-0.4, -0.2) is 38.8 Å². The summed E-state index contributed by atoms with van der Waals surface area (Å²) in [6, 6.07) is 0. The minimum Gasteiger partial charge on any atom is -0.491 e. The number of ether oxygens (including phenoxy) is 1. The molecule has 2 rings (SSSR count). The molecule has 1 aromatic heterocycles. The van der Waals surface area contributed by atoms with Gasteiger partial charge in [-0.3, -0.25) is 0 Å². The van der Waals surface area contributed by atoms with E-state index in [1.807, 2.05) is 0 Å². The standard InChI is InChI=1S/C6H8N4O3/c11-5-3-10(9-8-5)2-4-1-7-6(12)13-4/h3-4,11H,1-2H2,(H,7,12). The van der Waals surface area contributed by atoms with Crippen molar-refractivity contribution in [3.05, 3.63) is 6.20 Å². The summed E-state index contributed by atoms with van der Waals surface area (Å²) in [7, 11) is 0. The van der Waals surface area contributed by atoms with Gasteiger partial charge in [0.1, 0.15) is 6.10 Å². The second-order valence-corrected chi connectivity index (χ2v) is 2.71. The lowest BCUT2D eigenvalue weighted by Gasteiger charge is -2.05. The Hall–Kier alpha value is -1.79. The molecule has 7 heteroatoms. The Bertz CT molecular complexity index is 323. The first-order valence-electron chi connectivity index (χ1n) is 3.77. The van der Waals surface area contributed by atoms with Gasteiger partial charge in [0.25, 0.3) is 5.88 Å². The molecule has 0 bridgehead atoms. The number of cyclic esters (lactones) is 1. The first-order chi connectivity index (χ1) is 6.24. The van der Waals surface area contributed by atoms with Crippen LogP contribution < -0.4 is 5.32 Å². The van der Waals surface area contributed by atoms with Gasteiger partial charge in [0.2, 0.25) is 0 Å². The fraction of sp³-hybridized carbons (Fsp3) is 0.500. The molecule has 1 unspecified atom stereocenters. The van der Waals surface area contributed by atoms with Crippen LogP contribution in [0, 0.1) is 0 Å². The van der Waals surface area contributed by atoms with Crippen LogP contribution in [0.2, 0.25) is 0 Å². The van der Waals surface area contributed by atoms with Gasteiger partial charge in [-0.2, -0.15) is 0 Å². The van der Waals surface area contributed by atoms with E-state index in [-0.39, 0.29) is 12.0 Å². The summed E-state index contributed by atoms with van der Waals surface area (Å²) >= 11 is 0. The summed E-state index contributed by atoms with van der Waals surface area (Å²) in [5, 5.41) is 18.4. The van der Waals surface area contributed by atoms with E-state index in [0.29, 0.717) is 13.1 Å². The number of alkyl carbamates (subject to hydrolysis) is 1. The predicted molar refractivity (Wildman–Crippen MR) is 40.0 cm³/mol. The number of hydrogen-bond acceptors (Lipinski definition) is 5. The van der Waals surface area contributed by atoms with Crippen molar-refractivity contribution in [2.24, 2.45) is 0 Å². The molecule has 1 fully saturated rings. The Kier molecular flexibility index (Phi) is 1.76. The normalized spacial score (nSPS) is 21.2. The van der Waals surface area contributed by atoms with Crippen LogP contribution >= 0.6 is 0 Å². The average Bonchev–Trinajstić information content (AvgIpc) is 2.62. The van der Waals surface area contributed by atoms with Gasteiger partial charge >= 0.3 is 6.09 Å². The molecule has 0 aromatic carbocycles. The van der Waals surface area contributed by atoms with Gasteiger partial charge < -0.3 is 15.2 Å². The third-order valence-electron chi connectivity index (χ3n) is 1.67. The number of carbonyl (C=O) groups is 1. The molecule has 70 valence electrons. The predicted octanol–water partition coefficient (Wildman–Crippen LogP) is -0.908. The van der Waals surface area contributed by atoms with E-state index in [1.54, 1.807) is 0 Å². The number of nitrogens with zero attached hydrogens (tertiary/aromatic N) is 3. The molecule has 1 atom stereocenters. The minimum absolute atomic E-state index is 0.141. The summed E-state index contributed by atoms with van der Waals surface area (Å²) in [6.45, 7) is 0.853. The SMILES string of the molecule is O=C1NCC(Cn2cc(O)nn2)O1. The van der Waals surface area contributed by atoms with Gasteiger partial charge in [-0.25, -0.2) is 9.48 Å². The third-order valence-corrected chi connectivity index (χ3v) is 1.67. The number of rotatable bonds is 2. The summed E-state index contributed by atoms with van der Waals surface area (Å²) in [5.41, 5.74) is 0. The van der Waals surface area contributed by atoms with Crippen LogP contribution in [0.3, 0.4) is 0 Å². The van der Waals surface area contributed by atoms with Crippen molar-refractivity contribution in [2.45, 2.75) is 12.6 Å². The molecule has 13 heavy (non-hydrogen) atoms. The number of aromatic hydroxyl groups is 1. The van der Waals surface area contributed by atoms with Gasteiger partial charge in [-0.1, -0.05) is 10.3 Å². The Balaban J connectivity index is 1.95. The maximum absolute atomic E-state index is 10.6. The lowest BCUT2D eigenvalue weighted by Crippen LogP contribution is -2.20. The Morgan fingerprint density at radius 2 is 2.69 bits per heavy atom. The monoisotopic (exact) mass is 184 g/mol. The number of carbonyl (C=O) groups excluding carboxylic acids is 1. The second-order valence-electron chi connectivity index (χ2n) is 2.71. The van der Waals surface area contributed by atoms with Crippen LogP contribution in [0.1, 0.15) is 0 Å².